The first kappa shape index (κ1) is 13.0. The fraction of sp³-hybridized carbons (Fsp3) is 0.200. The molecule has 2 aromatic rings. The SMILES string of the molecule is Cc1ccc(N)c(SCOCc2ccccc2)c1. The maximum atomic E-state index is 5.91. The van der Waals surface area contributed by atoms with Crippen molar-refractivity contribution in [2.75, 3.05) is 11.7 Å². The van der Waals surface area contributed by atoms with Gasteiger partial charge in [-0.2, -0.15) is 0 Å². The van der Waals surface area contributed by atoms with E-state index in [-0.39, 0.29) is 0 Å². The Kier molecular flexibility index (Phi) is 4.67. The maximum absolute atomic E-state index is 5.91. The molecule has 0 aromatic heterocycles. The molecule has 2 N–H and O–H groups in total. The lowest BCUT2D eigenvalue weighted by Crippen LogP contribution is -1.94. The summed E-state index contributed by atoms with van der Waals surface area (Å²) in [6.07, 6.45) is 0. The lowest BCUT2D eigenvalue weighted by atomic mass is 10.2. The van der Waals surface area contributed by atoms with E-state index in [0.29, 0.717) is 12.5 Å². The molecule has 3 heteroatoms. The Bertz CT molecular complexity index is 499. The number of thioether (sulfide) groups is 1. The Morgan fingerprint density at radius 3 is 2.67 bits per heavy atom. The maximum Gasteiger partial charge on any atom is 0.0972 e. The molecule has 18 heavy (non-hydrogen) atoms. The molecule has 0 aliphatic rings. The number of nitrogens with two attached hydrogens (primary N) is 1. The summed E-state index contributed by atoms with van der Waals surface area (Å²) in [7, 11) is 0. The van der Waals surface area contributed by atoms with E-state index in [2.05, 4.69) is 25.1 Å². The zero-order valence-corrected chi connectivity index (χ0v) is 11.2. The molecule has 0 unspecified atom stereocenters. The third-order valence-electron chi connectivity index (χ3n) is 2.58. The van der Waals surface area contributed by atoms with Crippen LogP contribution in [-0.4, -0.2) is 5.94 Å². The fourth-order valence-electron chi connectivity index (χ4n) is 1.61. The molecule has 94 valence electrons. The van der Waals surface area contributed by atoms with Gasteiger partial charge in [0, 0.05) is 10.6 Å². The van der Waals surface area contributed by atoms with Crippen LogP contribution in [0.4, 0.5) is 5.69 Å². The van der Waals surface area contributed by atoms with E-state index < -0.39 is 0 Å². The van der Waals surface area contributed by atoms with E-state index in [4.69, 9.17) is 10.5 Å². The highest BCUT2D eigenvalue weighted by Crippen LogP contribution is 2.26. The molecule has 0 radical (unpaired) electrons. The molecule has 0 atom stereocenters. The van der Waals surface area contributed by atoms with Crippen molar-refractivity contribution in [3.63, 3.8) is 0 Å². The van der Waals surface area contributed by atoms with Crippen molar-refractivity contribution < 1.29 is 4.74 Å². The smallest absolute Gasteiger partial charge is 0.0972 e. The van der Waals surface area contributed by atoms with E-state index in [1.807, 2.05) is 30.3 Å². The summed E-state index contributed by atoms with van der Waals surface area (Å²) >= 11 is 1.63. The molecule has 0 amide bonds. The van der Waals surface area contributed by atoms with Gasteiger partial charge < -0.3 is 10.5 Å². The van der Waals surface area contributed by atoms with Crippen molar-refractivity contribution in [1.29, 1.82) is 0 Å². The summed E-state index contributed by atoms with van der Waals surface area (Å²) in [5.74, 6) is 0.614. The Balaban J connectivity index is 1.80. The minimum Gasteiger partial charge on any atom is -0.398 e. The topological polar surface area (TPSA) is 35.2 Å². The van der Waals surface area contributed by atoms with Gasteiger partial charge in [0.25, 0.3) is 0 Å². The highest BCUT2D eigenvalue weighted by Gasteiger charge is 2.00. The third kappa shape index (κ3) is 3.79. The number of ether oxygens (including phenoxy) is 1. The normalized spacial score (nSPS) is 10.5. The van der Waals surface area contributed by atoms with E-state index >= 15 is 0 Å². The highest BCUT2D eigenvalue weighted by atomic mass is 32.2. The Labute approximate surface area is 112 Å². The highest BCUT2D eigenvalue weighted by molar-refractivity contribution is 7.99. The molecule has 0 aliphatic heterocycles. The van der Waals surface area contributed by atoms with Crippen molar-refractivity contribution in [3.05, 3.63) is 59.7 Å². The average Bonchev–Trinajstić information content (AvgIpc) is 2.40. The van der Waals surface area contributed by atoms with Gasteiger partial charge >= 0.3 is 0 Å². The van der Waals surface area contributed by atoms with Gasteiger partial charge in [0.2, 0.25) is 0 Å². The van der Waals surface area contributed by atoms with Gasteiger partial charge in [-0.05, 0) is 30.2 Å². The van der Waals surface area contributed by atoms with Gasteiger partial charge in [0.1, 0.15) is 0 Å². The molecule has 2 nitrogen and oxygen atoms in total. The standard InChI is InChI=1S/C15H17NOS/c1-12-7-8-14(16)15(9-12)18-11-17-10-13-5-3-2-4-6-13/h2-9H,10-11,16H2,1H3. The minimum absolute atomic E-state index is 0.614. The molecule has 0 aliphatic carbocycles. The van der Waals surface area contributed by atoms with Crippen molar-refractivity contribution >= 4 is 17.4 Å². The number of rotatable bonds is 5. The molecule has 0 fully saturated rings. The third-order valence-corrected chi connectivity index (χ3v) is 3.53. The van der Waals surface area contributed by atoms with Crippen LogP contribution >= 0.6 is 11.8 Å². The zero-order chi connectivity index (χ0) is 12.8. The van der Waals surface area contributed by atoms with Crippen LogP contribution in [-0.2, 0) is 11.3 Å². The Morgan fingerprint density at radius 2 is 1.89 bits per heavy atom. The summed E-state index contributed by atoms with van der Waals surface area (Å²) in [6.45, 7) is 2.70. The quantitative estimate of drug-likeness (QED) is 0.383. The van der Waals surface area contributed by atoms with Gasteiger partial charge in [0.05, 0.1) is 12.5 Å². The number of aryl methyl sites for hydroxylation is 1. The Hall–Kier alpha value is -1.45. The van der Waals surface area contributed by atoms with Gasteiger partial charge in [-0.1, -0.05) is 48.2 Å². The molecule has 0 saturated heterocycles. The van der Waals surface area contributed by atoms with Crippen LogP contribution in [0.2, 0.25) is 0 Å². The number of nitrogen functional groups attached to an aromatic ring is 1. The van der Waals surface area contributed by atoms with Gasteiger partial charge in [-0.25, -0.2) is 0 Å². The van der Waals surface area contributed by atoms with E-state index in [9.17, 15) is 0 Å². The Morgan fingerprint density at radius 1 is 1.11 bits per heavy atom. The number of hydrogen-bond acceptors (Lipinski definition) is 3. The lowest BCUT2D eigenvalue weighted by molar-refractivity contribution is 0.169. The van der Waals surface area contributed by atoms with E-state index in [1.165, 1.54) is 11.1 Å². The van der Waals surface area contributed by atoms with Crippen LogP contribution in [0.15, 0.2) is 53.4 Å². The molecule has 0 bridgehead atoms. The van der Waals surface area contributed by atoms with Crippen molar-refractivity contribution in [1.82, 2.24) is 0 Å². The molecule has 0 heterocycles. The fourth-order valence-corrected chi connectivity index (χ4v) is 2.40. The van der Waals surface area contributed by atoms with Crippen molar-refractivity contribution in [3.8, 4) is 0 Å². The summed E-state index contributed by atoms with van der Waals surface area (Å²) in [5, 5.41) is 0. The predicted molar refractivity (Wildman–Crippen MR) is 77.5 cm³/mol. The first-order valence-electron chi connectivity index (χ1n) is 5.86. The van der Waals surface area contributed by atoms with Crippen LogP contribution in [0.25, 0.3) is 0 Å². The molecule has 0 spiro atoms. The summed E-state index contributed by atoms with van der Waals surface area (Å²) in [6, 6.07) is 16.2. The van der Waals surface area contributed by atoms with Gasteiger partial charge in [-0.3, -0.25) is 0 Å². The summed E-state index contributed by atoms with van der Waals surface area (Å²) < 4.78 is 5.63. The number of benzene rings is 2. The van der Waals surface area contributed by atoms with Crippen LogP contribution in [0, 0.1) is 6.92 Å². The molecular formula is C15H17NOS. The van der Waals surface area contributed by atoms with Crippen molar-refractivity contribution in [2.24, 2.45) is 0 Å². The van der Waals surface area contributed by atoms with Gasteiger partial charge in [0.15, 0.2) is 0 Å². The second kappa shape index (κ2) is 6.47. The summed E-state index contributed by atoms with van der Waals surface area (Å²) in [4.78, 5) is 1.09. The molecular weight excluding hydrogens is 242 g/mol. The monoisotopic (exact) mass is 259 g/mol. The van der Waals surface area contributed by atoms with Crippen molar-refractivity contribution in [2.45, 2.75) is 18.4 Å². The van der Waals surface area contributed by atoms with E-state index in [1.54, 1.807) is 11.8 Å². The molecule has 2 aromatic carbocycles. The zero-order valence-electron chi connectivity index (χ0n) is 10.4. The van der Waals surface area contributed by atoms with E-state index in [0.717, 1.165) is 10.6 Å². The minimum atomic E-state index is 0.614. The molecule has 2 rings (SSSR count). The number of hydrogen-bond donors (Lipinski definition) is 1. The molecule has 0 saturated carbocycles. The first-order valence-corrected chi connectivity index (χ1v) is 6.85. The largest absolute Gasteiger partial charge is 0.398 e. The summed E-state index contributed by atoms with van der Waals surface area (Å²) in [5.41, 5.74) is 9.13. The second-order valence-corrected chi connectivity index (χ2v) is 5.10. The number of anilines is 1. The van der Waals surface area contributed by atoms with Crippen LogP contribution < -0.4 is 5.73 Å². The predicted octanol–water partition coefficient (Wildman–Crippen LogP) is 3.84. The van der Waals surface area contributed by atoms with Crippen LogP contribution in [0.3, 0.4) is 0 Å². The lowest BCUT2D eigenvalue weighted by Gasteiger charge is -2.07. The van der Waals surface area contributed by atoms with Crippen LogP contribution in [0.5, 0.6) is 0 Å². The second-order valence-electron chi connectivity index (χ2n) is 4.14. The van der Waals surface area contributed by atoms with Crippen LogP contribution in [0.1, 0.15) is 11.1 Å². The average molecular weight is 259 g/mol. The van der Waals surface area contributed by atoms with Gasteiger partial charge in [-0.15, -0.1) is 0 Å². The first-order chi connectivity index (χ1) is 8.75.